The van der Waals surface area contributed by atoms with Gasteiger partial charge < -0.3 is 14.6 Å². The van der Waals surface area contributed by atoms with E-state index in [1.54, 1.807) is 6.92 Å². The Morgan fingerprint density at radius 1 is 1.10 bits per heavy atom. The molecular formula is C25H28F6N2O7S. The zero-order valence-corrected chi connectivity index (χ0v) is 23.1. The number of hydrogen-bond acceptors (Lipinski definition) is 6. The van der Waals surface area contributed by atoms with Gasteiger partial charge in [-0.3, -0.25) is 14.4 Å². The lowest BCUT2D eigenvalue weighted by Gasteiger charge is -2.31. The second-order valence-corrected chi connectivity index (χ2v) is 11.2. The number of fused-ring (bicyclic) bond motifs is 1. The summed E-state index contributed by atoms with van der Waals surface area (Å²) in [6.45, 7) is 4.48. The molecule has 0 fully saturated rings. The number of ether oxygens (including phenoxy) is 2. The van der Waals surface area contributed by atoms with Gasteiger partial charge in [0.15, 0.2) is 0 Å². The predicted molar refractivity (Wildman–Crippen MR) is 135 cm³/mol. The summed E-state index contributed by atoms with van der Waals surface area (Å²) in [4.78, 5) is 21.3. The zero-order valence-electron chi connectivity index (χ0n) is 22.3. The van der Waals surface area contributed by atoms with E-state index in [9.17, 15) is 44.3 Å². The number of aliphatic carboxylic acids is 1. The first-order valence-corrected chi connectivity index (χ1v) is 13.4. The first kappa shape index (κ1) is 33.5. The summed E-state index contributed by atoms with van der Waals surface area (Å²) >= 11 is 0. The summed E-state index contributed by atoms with van der Waals surface area (Å²) in [6.07, 6.45) is -10.3. The van der Waals surface area contributed by atoms with Gasteiger partial charge in [-0.05, 0) is 56.7 Å². The lowest BCUT2D eigenvalue weighted by atomic mass is 10.1. The van der Waals surface area contributed by atoms with Crippen molar-refractivity contribution in [2.75, 3.05) is 22.8 Å². The molecule has 1 aliphatic rings. The van der Waals surface area contributed by atoms with Crippen LogP contribution in [-0.2, 0) is 25.7 Å². The number of carbonyl (C=O) groups is 2. The van der Waals surface area contributed by atoms with Crippen LogP contribution in [0.1, 0.15) is 39.7 Å². The summed E-state index contributed by atoms with van der Waals surface area (Å²) in [6, 6.07) is 6.76. The highest BCUT2D eigenvalue weighted by molar-refractivity contribution is 7.92. The van der Waals surface area contributed by atoms with Crippen LogP contribution in [-0.4, -0.2) is 50.5 Å². The Hall–Kier alpha value is -3.69. The molecule has 1 aliphatic heterocycles. The first-order valence-electron chi connectivity index (χ1n) is 12.0. The minimum absolute atomic E-state index is 0.0383. The normalized spacial score (nSPS) is 14.5. The monoisotopic (exact) mass is 614 g/mol. The predicted octanol–water partition coefficient (Wildman–Crippen LogP) is 6.30. The number of amides is 1. The van der Waals surface area contributed by atoms with E-state index in [1.807, 2.05) is 6.92 Å². The molecule has 228 valence electrons. The number of nitrogens with zero attached hydrogens (tertiary/aromatic N) is 1. The maximum atomic E-state index is 13.1. The fourth-order valence-electron chi connectivity index (χ4n) is 3.09. The van der Waals surface area contributed by atoms with Crippen LogP contribution in [0.4, 0.5) is 42.5 Å². The van der Waals surface area contributed by atoms with E-state index < -0.39 is 50.5 Å². The Labute approximate surface area is 232 Å². The van der Waals surface area contributed by atoms with E-state index in [0.29, 0.717) is 19.9 Å². The lowest BCUT2D eigenvalue weighted by molar-refractivity contribution is -0.242. The van der Waals surface area contributed by atoms with Crippen molar-refractivity contribution in [2.45, 2.75) is 57.0 Å². The number of carboxylic acid groups (broad SMARTS) is 1. The van der Waals surface area contributed by atoms with Crippen LogP contribution >= 0.6 is 0 Å². The Morgan fingerprint density at radius 3 is 2.24 bits per heavy atom. The van der Waals surface area contributed by atoms with Crippen molar-refractivity contribution < 1.29 is 58.9 Å². The lowest BCUT2D eigenvalue weighted by Crippen LogP contribution is -2.44. The third-order valence-corrected chi connectivity index (χ3v) is 7.65. The molecule has 0 bridgehead atoms. The van der Waals surface area contributed by atoms with Gasteiger partial charge in [-0.2, -0.15) is 26.3 Å². The molecule has 0 saturated carbocycles. The zero-order chi connectivity index (χ0) is 31.4. The quantitative estimate of drug-likeness (QED) is 0.366. The van der Waals surface area contributed by atoms with Gasteiger partial charge in [0.2, 0.25) is 5.60 Å². The van der Waals surface area contributed by atoms with Crippen molar-refractivity contribution in [3.8, 4) is 5.75 Å². The number of nitrogens with one attached hydrogen (secondary N) is 1. The number of benzene rings is 2. The highest BCUT2D eigenvalue weighted by atomic mass is 32.2. The molecule has 0 radical (unpaired) electrons. The van der Waals surface area contributed by atoms with Crippen molar-refractivity contribution in [3.05, 3.63) is 48.0 Å². The molecule has 3 rings (SSSR count). The van der Waals surface area contributed by atoms with Crippen molar-refractivity contribution in [1.29, 1.82) is 0 Å². The number of carboxylic acids is 1. The minimum atomic E-state index is -4.84. The molecule has 1 heterocycles. The molecule has 0 aromatic heterocycles. The summed E-state index contributed by atoms with van der Waals surface area (Å²) in [5.74, 6) is -0.848. The summed E-state index contributed by atoms with van der Waals surface area (Å²) in [7, 11) is -4.49. The molecule has 2 aromatic rings. The van der Waals surface area contributed by atoms with E-state index in [1.165, 1.54) is 12.1 Å². The van der Waals surface area contributed by atoms with Crippen LogP contribution in [0.15, 0.2) is 47.4 Å². The van der Waals surface area contributed by atoms with E-state index in [2.05, 4.69) is 10.1 Å². The number of alkyl halides is 6. The maximum absolute atomic E-state index is 13.1. The van der Waals surface area contributed by atoms with Gasteiger partial charge in [0.05, 0.1) is 28.6 Å². The highest BCUT2D eigenvalue weighted by Crippen LogP contribution is 2.39. The molecule has 16 heteroatoms. The summed E-state index contributed by atoms with van der Waals surface area (Å²) in [5.41, 5.74) is -4.21. The van der Waals surface area contributed by atoms with Gasteiger partial charge in [-0.15, -0.1) is 0 Å². The number of carbonyl (C=O) groups excluding carboxylic acids is 1. The van der Waals surface area contributed by atoms with E-state index in [-0.39, 0.29) is 36.2 Å². The number of halogens is 6. The minimum Gasteiger partial charge on any atom is -0.489 e. The first-order chi connectivity index (χ1) is 18.7. The number of sulfonamides is 1. The molecule has 9 nitrogen and oxygen atoms in total. The SMILES string of the molecule is CC(C)(OC(=O)Nc1ccc2c(c1)N(S(=O)(=O)c1cccc(C(F)(F)F)c1)CCO2)C(F)(F)F.CCC(C)C(=O)O. The smallest absolute Gasteiger partial charge is 0.427 e. The topological polar surface area (TPSA) is 122 Å². The fraction of sp³-hybridized carbons (Fsp3) is 0.440. The molecule has 1 amide bonds. The Bertz CT molecular complexity index is 1360. The fourth-order valence-corrected chi connectivity index (χ4v) is 4.59. The van der Waals surface area contributed by atoms with Gasteiger partial charge in [0, 0.05) is 5.69 Å². The Kier molecular flexibility index (Phi) is 10.2. The molecule has 2 N–H and O–H groups in total. The van der Waals surface area contributed by atoms with Crippen LogP contribution < -0.4 is 14.4 Å². The summed E-state index contributed by atoms with van der Waals surface area (Å²) < 4.78 is 115. The molecule has 41 heavy (non-hydrogen) atoms. The van der Waals surface area contributed by atoms with Gasteiger partial charge in [0.25, 0.3) is 10.0 Å². The third-order valence-electron chi connectivity index (χ3n) is 5.84. The highest BCUT2D eigenvalue weighted by Gasteiger charge is 2.51. The Balaban J connectivity index is 0.000000745. The van der Waals surface area contributed by atoms with Gasteiger partial charge in [0.1, 0.15) is 12.4 Å². The van der Waals surface area contributed by atoms with Gasteiger partial charge in [-0.25, -0.2) is 13.2 Å². The summed E-state index contributed by atoms with van der Waals surface area (Å²) in [5, 5.41) is 10.3. The molecule has 2 aromatic carbocycles. The average Bonchev–Trinajstić information content (AvgIpc) is 2.86. The van der Waals surface area contributed by atoms with Crippen LogP contribution in [0.5, 0.6) is 5.75 Å². The Morgan fingerprint density at radius 2 is 1.73 bits per heavy atom. The van der Waals surface area contributed by atoms with E-state index >= 15 is 0 Å². The number of hydrogen-bond donors (Lipinski definition) is 2. The standard InChI is InChI=1S/C20H18F6N2O5S.C5H10O2/c1-18(2,20(24,25)26)33-17(29)27-13-6-7-16-15(11-13)28(8-9-32-16)34(30,31)14-5-3-4-12(10-14)19(21,22)23;1-3-4(2)5(6)7/h3-7,10-11H,8-9H2,1-2H3,(H,27,29);4H,3H2,1-2H3,(H,6,7). The van der Waals surface area contributed by atoms with Gasteiger partial charge >= 0.3 is 24.4 Å². The van der Waals surface area contributed by atoms with Crippen LogP contribution in [0.3, 0.4) is 0 Å². The maximum Gasteiger partial charge on any atom is 0.427 e. The largest absolute Gasteiger partial charge is 0.489 e. The van der Waals surface area contributed by atoms with E-state index in [4.69, 9.17) is 9.84 Å². The molecule has 1 atom stereocenters. The average molecular weight is 615 g/mol. The van der Waals surface area contributed by atoms with Crippen molar-refractivity contribution in [2.24, 2.45) is 5.92 Å². The van der Waals surface area contributed by atoms with Crippen LogP contribution in [0.25, 0.3) is 0 Å². The molecule has 0 aliphatic carbocycles. The third kappa shape index (κ3) is 8.41. The molecule has 0 saturated heterocycles. The molecular weight excluding hydrogens is 586 g/mol. The molecule has 0 spiro atoms. The van der Waals surface area contributed by atoms with Crippen molar-refractivity contribution in [1.82, 2.24) is 0 Å². The molecule has 1 unspecified atom stereocenters. The number of anilines is 2. The van der Waals surface area contributed by atoms with Crippen molar-refractivity contribution in [3.63, 3.8) is 0 Å². The number of rotatable bonds is 6. The van der Waals surface area contributed by atoms with Gasteiger partial charge in [-0.1, -0.05) is 19.9 Å². The van der Waals surface area contributed by atoms with Crippen molar-refractivity contribution >= 4 is 33.5 Å². The van der Waals surface area contributed by atoms with Crippen LogP contribution in [0.2, 0.25) is 0 Å². The second kappa shape index (κ2) is 12.4. The second-order valence-electron chi connectivity index (χ2n) is 9.30. The van der Waals surface area contributed by atoms with Crippen LogP contribution in [0, 0.1) is 5.92 Å². The van der Waals surface area contributed by atoms with E-state index in [0.717, 1.165) is 35.0 Å².